The SMILES string of the molecule is Cc1cnc(NC(=O)/C(C#N)=C\c2cc(C)n(-c3ccc(C)c(C)c3)c2C)s1. The second-order valence-corrected chi connectivity index (χ2v) is 8.07. The van der Waals surface area contributed by atoms with Crippen LogP contribution in [0.15, 0.2) is 36.0 Å². The Morgan fingerprint density at radius 3 is 2.54 bits per heavy atom. The molecule has 1 N–H and O–H groups in total. The second-order valence-electron chi connectivity index (χ2n) is 6.83. The molecule has 3 rings (SSSR count). The van der Waals surface area contributed by atoms with Gasteiger partial charge in [0.25, 0.3) is 5.91 Å². The van der Waals surface area contributed by atoms with Crippen molar-refractivity contribution in [2.75, 3.05) is 5.32 Å². The van der Waals surface area contributed by atoms with Gasteiger partial charge in [-0.25, -0.2) is 4.98 Å². The van der Waals surface area contributed by atoms with Crippen LogP contribution in [0.5, 0.6) is 0 Å². The molecule has 0 unspecified atom stereocenters. The lowest BCUT2D eigenvalue weighted by molar-refractivity contribution is -0.112. The van der Waals surface area contributed by atoms with Crippen LogP contribution < -0.4 is 5.32 Å². The van der Waals surface area contributed by atoms with Crippen LogP contribution in [0.1, 0.15) is 33.0 Å². The summed E-state index contributed by atoms with van der Waals surface area (Å²) < 4.78 is 2.13. The Labute approximate surface area is 169 Å². The van der Waals surface area contributed by atoms with Crippen molar-refractivity contribution in [3.8, 4) is 11.8 Å². The molecule has 0 fully saturated rings. The van der Waals surface area contributed by atoms with Gasteiger partial charge in [0, 0.05) is 28.1 Å². The van der Waals surface area contributed by atoms with E-state index in [1.54, 1.807) is 12.3 Å². The summed E-state index contributed by atoms with van der Waals surface area (Å²) in [6.45, 7) is 10.1. The number of nitrogens with one attached hydrogen (secondary N) is 1. The van der Waals surface area contributed by atoms with Crippen LogP contribution in [0, 0.1) is 45.9 Å². The van der Waals surface area contributed by atoms with Crippen molar-refractivity contribution in [2.24, 2.45) is 0 Å². The van der Waals surface area contributed by atoms with Crippen molar-refractivity contribution >= 4 is 28.5 Å². The van der Waals surface area contributed by atoms with Gasteiger partial charge in [-0.05, 0) is 75.6 Å². The van der Waals surface area contributed by atoms with Gasteiger partial charge in [-0.1, -0.05) is 6.07 Å². The Balaban J connectivity index is 1.95. The Bertz CT molecular complexity index is 1130. The van der Waals surface area contributed by atoms with Crippen molar-refractivity contribution in [1.82, 2.24) is 9.55 Å². The van der Waals surface area contributed by atoms with Crippen molar-refractivity contribution in [3.63, 3.8) is 0 Å². The zero-order valence-corrected chi connectivity index (χ0v) is 17.4. The van der Waals surface area contributed by atoms with Crippen LogP contribution in [0.25, 0.3) is 11.8 Å². The molecule has 0 aliphatic heterocycles. The first-order valence-corrected chi connectivity index (χ1v) is 9.74. The quantitative estimate of drug-likeness (QED) is 0.502. The normalized spacial score (nSPS) is 11.4. The van der Waals surface area contributed by atoms with Gasteiger partial charge < -0.3 is 4.57 Å². The van der Waals surface area contributed by atoms with E-state index in [4.69, 9.17) is 0 Å². The van der Waals surface area contributed by atoms with E-state index in [2.05, 4.69) is 46.9 Å². The minimum absolute atomic E-state index is 0.0492. The number of hydrogen-bond acceptors (Lipinski definition) is 4. The lowest BCUT2D eigenvalue weighted by atomic mass is 10.1. The molecule has 0 bridgehead atoms. The first kappa shape index (κ1) is 19.6. The van der Waals surface area contributed by atoms with Gasteiger partial charge in [0.2, 0.25) is 0 Å². The third kappa shape index (κ3) is 3.90. The molecule has 28 heavy (non-hydrogen) atoms. The predicted octanol–water partition coefficient (Wildman–Crippen LogP) is 5.02. The molecule has 1 aromatic carbocycles. The van der Waals surface area contributed by atoms with E-state index in [-0.39, 0.29) is 5.57 Å². The third-order valence-corrected chi connectivity index (χ3v) is 5.55. The fourth-order valence-electron chi connectivity index (χ4n) is 3.08. The van der Waals surface area contributed by atoms with Gasteiger partial charge in [-0.3, -0.25) is 10.1 Å². The van der Waals surface area contributed by atoms with Crippen LogP contribution in [-0.4, -0.2) is 15.5 Å². The molecule has 2 aromatic heterocycles. The molecule has 0 saturated heterocycles. The molecule has 6 heteroatoms. The smallest absolute Gasteiger partial charge is 0.268 e. The molecular weight excluding hydrogens is 368 g/mol. The first-order chi connectivity index (χ1) is 13.3. The van der Waals surface area contributed by atoms with Crippen LogP contribution in [-0.2, 0) is 4.79 Å². The van der Waals surface area contributed by atoms with E-state index in [0.29, 0.717) is 5.13 Å². The number of aromatic nitrogens is 2. The predicted molar refractivity (Wildman–Crippen MR) is 114 cm³/mol. The van der Waals surface area contributed by atoms with Crippen molar-refractivity contribution in [3.05, 3.63) is 69.0 Å². The molecule has 3 aromatic rings. The highest BCUT2D eigenvalue weighted by atomic mass is 32.1. The molecule has 142 valence electrons. The minimum atomic E-state index is -0.451. The second kappa shape index (κ2) is 7.83. The molecular formula is C22H22N4OS. The molecule has 0 spiro atoms. The van der Waals surface area contributed by atoms with Gasteiger partial charge in [-0.15, -0.1) is 11.3 Å². The van der Waals surface area contributed by atoms with E-state index in [1.165, 1.54) is 22.5 Å². The van der Waals surface area contributed by atoms with Crippen LogP contribution in [0.2, 0.25) is 0 Å². The Morgan fingerprint density at radius 2 is 1.93 bits per heavy atom. The van der Waals surface area contributed by atoms with Crippen molar-refractivity contribution < 1.29 is 4.79 Å². The average molecular weight is 391 g/mol. The molecule has 0 aliphatic carbocycles. The van der Waals surface area contributed by atoms with E-state index in [0.717, 1.165) is 27.5 Å². The number of benzene rings is 1. The number of aryl methyl sites for hydroxylation is 4. The first-order valence-electron chi connectivity index (χ1n) is 8.92. The topological polar surface area (TPSA) is 70.7 Å². The van der Waals surface area contributed by atoms with Gasteiger partial charge in [-0.2, -0.15) is 5.26 Å². The van der Waals surface area contributed by atoms with Crippen LogP contribution in [0.4, 0.5) is 5.13 Å². The molecule has 1 amide bonds. The minimum Gasteiger partial charge on any atom is -0.318 e. The number of nitrogens with zero attached hydrogens (tertiary/aromatic N) is 3. The molecule has 5 nitrogen and oxygen atoms in total. The zero-order valence-electron chi connectivity index (χ0n) is 16.6. The van der Waals surface area contributed by atoms with Crippen LogP contribution in [0.3, 0.4) is 0 Å². The number of carbonyl (C=O) groups excluding carboxylic acids is 1. The number of carbonyl (C=O) groups is 1. The maximum absolute atomic E-state index is 12.5. The fraction of sp³-hybridized carbons (Fsp3) is 0.227. The summed E-state index contributed by atoms with van der Waals surface area (Å²) in [5.74, 6) is -0.451. The summed E-state index contributed by atoms with van der Waals surface area (Å²) in [6, 6.07) is 10.3. The van der Waals surface area contributed by atoms with Gasteiger partial charge in [0.1, 0.15) is 11.6 Å². The maximum atomic E-state index is 12.5. The number of hydrogen-bond donors (Lipinski definition) is 1. The monoisotopic (exact) mass is 390 g/mol. The van der Waals surface area contributed by atoms with Crippen molar-refractivity contribution in [1.29, 1.82) is 5.26 Å². The summed E-state index contributed by atoms with van der Waals surface area (Å²) >= 11 is 1.38. The molecule has 0 saturated carbocycles. The third-order valence-electron chi connectivity index (χ3n) is 4.73. The van der Waals surface area contributed by atoms with E-state index in [1.807, 2.05) is 32.9 Å². The van der Waals surface area contributed by atoms with E-state index in [9.17, 15) is 10.1 Å². The lowest BCUT2D eigenvalue weighted by Crippen LogP contribution is -2.13. The number of anilines is 1. The zero-order chi connectivity index (χ0) is 20.4. The summed E-state index contributed by atoms with van der Waals surface area (Å²) in [7, 11) is 0. The highest BCUT2D eigenvalue weighted by Gasteiger charge is 2.15. The summed E-state index contributed by atoms with van der Waals surface area (Å²) in [5, 5.41) is 12.7. The Hall–Kier alpha value is -3.17. The largest absolute Gasteiger partial charge is 0.318 e. The van der Waals surface area contributed by atoms with Crippen LogP contribution >= 0.6 is 11.3 Å². The number of rotatable bonds is 4. The summed E-state index contributed by atoms with van der Waals surface area (Å²) in [4.78, 5) is 17.6. The molecule has 0 aliphatic rings. The standard InChI is InChI=1S/C22H22N4OS/c1-13-6-7-20(8-14(13)2)26-15(3)9-18(17(26)5)10-19(11-23)21(27)25-22-24-12-16(4)28-22/h6-10,12H,1-5H3,(H,24,25,27)/b19-10-. The Kier molecular flexibility index (Phi) is 5.48. The van der Waals surface area contributed by atoms with Gasteiger partial charge >= 0.3 is 0 Å². The Morgan fingerprint density at radius 1 is 1.18 bits per heavy atom. The molecule has 0 atom stereocenters. The molecule has 0 radical (unpaired) electrons. The maximum Gasteiger partial charge on any atom is 0.268 e. The summed E-state index contributed by atoms with van der Waals surface area (Å²) in [5.41, 5.74) is 6.45. The number of nitriles is 1. The van der Waals surface area contributed by atoms with E-state index < -0.39 is 5.91 Å². The highest BCUT2D eigenvalue weighted by molar-refractivity contribution is 7.15. The van der Waals surface area contributed by atoms with Gasteiger partial charge in [0.15, 0.2) is 5.13 Å². The van der Waals surface area contributed by atoms with Gasteiger partial charge in [0.05, 0.1) is 0 Å². The number of thiazole rings is 1. The highest BCUT2D eigenvalue weighted by Crippen LogP contribution is 2.25. The summed E-state index contributed by atoms with van der Waals surface area (Å²) in [6.07, 6.45) is 3.32. The average Bonchev–Trinajstić information content (AvgIpc) is 3.17. The van der Waals surface area contributed by atoms with Crippen molar-refractivity contribution in [2.45, 2.75) is 34.6 Å². The fourth-order valence-corrected chi connectivity index (χ4v) is 3.74. The number of amides is 1. The van der Waals surface area contributed by atoms with E-state index >= 15 is 0 Å². The molecule has 2 heterocycles. The lowest BCUT2D eigenvalue weighted by Gasteiger charge is -2.11.